The number of fused-ring (bicyclic) bond motifs is 3. The fraction of sp³-hybridized carbons (Fsp3) is 0.240. The number of para-hydroxylation sites is 1. The fourth-order valence-corrected chi connectivity index (χ4v) is 4.52. The third-order valence-corrected chi connectivity index (χ3v) is 6.51. The third kappa shape index (κ3) is 4.48. The number of benzene rings is 3. The lowest BCUT2D eigenvalue weighted by Gasteiger charge is -2.24. The SMILES string of the molecule is CC(C)(C)c1ccc(N(CC(=O)Nc2ccc3c(c2)oc2ccccc23)S(C)(=O)=O)cc1. The third-order valence-electron chi connectivity index (χ3n) is 5.37. The maximum atomic E-state index is 12.7. The van der Waals surface area contributed by atoms with Gasteiger partial charge in [-0.1, -0.05) is 51.1 Å². The van der Waals surface area contributed by atoms with E-state index in [0.29, 0.717) is 17.0 Å². The lowest BCUT2D eigenvalue weighted by molar-refractivity contribution is -0.114. The molecule has 32 heavy (non-hydrogen) atoms. The molecule has 0 unspecified atom stereocenters. The molecule has 0 saturated carbocycles. The summed E-state index contributed by atoms with van der Waals surface area (Å²) in [5.41, 5.74) is 3.44. The number of hydrogen-bond donors (Lipinski definition) is 1. The minimum Gasteiger partial charge on any atom is -0.456 e. The molecule has 166 valence electrons. The van der Waals surface area contributed by atoms with Crippen LogP contribution in [-0.4, -0.2) is 27.1 Å². The van der Waals surface area contributed by atoms with Crippen molar-refractivity contribution in [1.29, 1.82) is 0 Å². The highest BCUT2D eigenvalue weighted by atomic mass is 32.2. The van der Waals surface area contributed by atoms with Crippen molar-refractivity contribution >= 4 is 49.2 Å². The number of anilines is 2. The summed E-state index contributed by atoms with van der Waals surface area (Å²) in [4.78, 5) is 12.7. The molecule has 1 aromatic heterocycles. The van der Waals surface area contributed by atoms with Crippen molar-refractivity contribution in [1.82, 2.24) is 0 Å². The van der Waals surface area contributed by atoms with Crippen molar-refractivity contribution in [3.8, 4) is 0 Å². The van der Waals surface area contributed by atoms with Gasteiger partial charge in [0.2, 0.25) is 15.9 Å². The Morgan fingerprint density at radius 2 is 1.59 bits per heavy atom. The van der Waals surface area contributed by atoms with Gasteiger partial charge in [0.25, 0.3) is 0 Å². The van der Waals surface area contributed by atoms with Crippen LogP contribution in [0.15, 0.2) is 71.1 Å². The second-order valence-corrected chi connectivity index (χ2v) is 10.8. The van der Waals surface area contributed by atoms with E-state index in [-0.39, 0.29) is 12.0 Å². The summed E-state index contributed by atoms with van der Waals surface area (Å²) >= 11 is 0. The summed E-state index contributed by atoms with van der Waals surface area (Å²) in [5.74, 6) is -0.439. The molecule has 0 fully saturated rings. The number of furan rings is 1. The molecule has 0 saturated heterocycles. The fourth-order valence-electron chi connectivity index (χ4n) is 3.66. The van der Waals surface area contributed by atoms with Gasteiger partial charge in [0.15, 0.2) is 0 Å². The van der Waals surface area contributed by atoms with Crippen LogP contribution in [-0.2, 0) is 20.2 Å². The van der Waals surface area contributed by atoms with Gasteiger partial charge in [0, 0.05) is 22.5 Å². The molecule has 0 aliphatic carbocycles. The first-order valence-corrected chi connectivity index (χ1v) is 12.2. The van der Waals surface area contributed by atoms with Crippen molar-refractivity contribution in [3.63, 3.8) is 0 Å². The van der Waals surface area contributed by atoms with Gasteiger partial charge >= 0.3 is 0 Å². The average molecular weight is 451 g/mol. The van der Waals surface area contributed by atoms with Crippen molar-refractivity contribution in [3.05, 3.63) is 72.3 Å². The number of nitrogens with one attached hydrogen (secondary N) is 1. The van der Waals surface area contributed by atoms with Gasteiger partial charge in [-0.05, 0) is 41.3 Å². The van der Waals surface area contributed by atoms with Gasteiger partial charge in [-0.25, -0.2) is 8.42 Å². The predicted octanol–water partition coefficient (Wildman–Crippen LogP) is 5.29. The highest BCUT2D eigenvalue weighted by Gasteiger charge is 2.22. The number of sulfonamides is 1. The van der Waals surface area contributed by atoms with E-state index in [1.807, 2.05) is 42.5 Å². The molecule has 1 heterocycles. The molecular weight excluding hydrogens is 424 g/mol. The standard InChI is InChI=1S/C25H26N2O4S/c1-25(2,3)17-9-12-19(13-10-17)27(32(4,29)30)16-24(28)26-18-11-14-21-20-7-5-6-8-22(20)31-23(21)15-18/h5-15H,16H2,1-4H3,(H,26,28). The molecule has 1 N–H and O–H groups in total. The Bertz CT molecular complexity index is 1400. The Labute approximate surface area is 187 Å². The first-order valence-electron chi connectivity index (χ1n) is 10.3. The number of rotatable bonds is 5. The van der Waals surface area contributed by atoms with Crippen LogP contribution < -0.4 is 9.62 Å². The molecule has 0 aliphatic rings. The number of carbonyl (C=O) groups is 1. The lowest BCUT2D eigenvalue weighted by atomic mass is 9.87. The predicted molar refractivity (Wildman–Crippen MR) is 130 cm³/mol. The van der Waals surface area contributed by atoms with Crippen molar-refractivity contribution in [2.24, 2.45) is 0 Å². The van der Waals surface area contributed by atoms with Gasteiger partial charge in [-0.2, -0.15) is 0 Å². The average Bonchev–Trinajstić information content (AvgIpc) is 3.08. The molecule has 0 bridgehead atoms. The first kappa shape index (κ1) is 21.9. The molecule has 0 aliphatic heterocycles. The normalized spacial score (nSPS) is 12.2. The Morgan fingerprint density at radius 1 is 0.938 bits per heavy atom. The quantitative estimate of drug-likeness (QED) is 0.448. The Balaban J connectivity index is 1.56. The van der Waals surface area contributed by atoms with Gasteiger partial charge in [-0.15, -0.1) is 0 Å². The summed E-state index contributed by atoms with van der Waals surface area (Å²) in [5, 5.41) is 4.74. The van der Waals surface area contributed by atoms with Crippen LogP contribution in [0.1, 0.15) is 26.3 Å². The lowest BCUT2D eigenvalue weighted by Crippen LogP contribution is -2.37. The van der Waals surface area contributed by atoms with E-state index in [9.17, 15) is 13.2 Å². The molecule has 0 radical (unpaired) electrons. The summed E-state index contributed by atoms with van der Waals surface area (Å²) in [6.07, 6.45) is 1.10. The van der Waals surface area contributed by atoms with E-state index < -0.39 is 15.9 Å². The molecule has 4 rings (SSSR count). The molecule has 0 atom stereocenters. The zero-order chi connectivity index (χ0) is 23.1. The van der Waals surface area contributed by atoms with Crippen molar-refractivity contribution in [2.45, 2.75) is 26.2 Å². The summed E-state index contributed by atoms with van der Waals surface area (Å²) in [6, 6.07) is 20.4. The Kier molecular flexibility index (Phi) is 5.46. The number of hydrogen-bond acceptors (Lipinski definition) is 4. The molecule has 6 nitrogen and oxygen atoms in total. The minimum absolute atomic E-state index is 0.0544. The summed E-state index contributed by atoms with van der Waals surface area (Å²) < 4.78 is 31.8. The van der Waals surface area contributed by atoms with E-state index in [2.05, 4.69) is 26.1 Å². The highest BCUT2D eigenvalue weighted by molar-refractivity contribution is 7.92. The monoisotopic (exact) mass is 450 g/mol. The van der Waals surface area contributed by atoms with E-state index in [4.69, 9.17) is 4.42 Å². The molecular formula is C25H26N2O4S. The molecule has 1 amide bonds. The van der Waals surface area contributed by atoms with Gasteiger partial charge in [0.1, 0.15) is 17.7 Å². The first-order chi connectivity index (χ1) is 15.0. The number of amides is 1. The van der Waals surface area contributed by atoms with E-state index in [1.165, 1.54) is 0 Å². The second-order valence-electron chi connectivity index (χ2n) is 8.92. The molecule has 0 spiro atoms. The molecule has 3 aromatic carbocycles. The van der Waals surface area contributed by atoms with Crippen molar-refractivity contribution in [2.75, 3.05) is 22.4 Å². The molecule has 4 aromatic rings. The Morgan fingerprint density at radius 3 is 2.25 bits per heavy atom. The molecule has 7 heteroatoms. The Hall–Kier alpha value is -3.32. The number of nitrogens with zero attached hydrogens (tertiary/aromatic N) is 1. The van der Waals surface area contributed by atoms with Crippen molar-refractivity contribution < 1.29 is 17.6 Å². The maximum absolute atomic E-state index is 12.7. The highest BCUT2D eigenvalue weighted by Crippen LogP contribution is 2.30. The van der Waals surface area contributed by atoms with Gasteiger partial charge in [-0.3, -0.25) is 9.10 Å². The zero-order valence-corrected chi connectivity index (χ0v) is 19.4. The van der Waals surface area contributed by atoms with E-state index in [0.717, 1.165) is 32.5 Å². The van der Waals surface area contributed by atoms with Gasteiger partial charge < -0.3 is 9.73 Å². The van der Waals surface area contributed by atoms with Crippen LogP contribution in [0, 0.1) is 0 Å². The van der Waals surface area contributed by atoms with Crippen LogP contribution in [0.25, 0.3) is 21.9 Å². The van der Waals surface area contributed by atoms with Crippen LogP contribution in [0.2, 0.25) is 0 Å². The second kappa shape index (κ2) is 7.98. The zero-order valence-electron chi connectivity index (χ0n) is 18.5. The number of carbonyl (C=O) groups excluding carboxylic acids is 1. The summed E-state index contributed by atoms with van der Waals surface area (Å²) in [7, 11) is -3.65. The van der Waals surface area contributed by atoms with E-state index >= 15 is 0 Å². The topological polar surface area (TPSA) is 79.6 Å². The van der Waals surface area contributed by atoms with Crippen LogP contribution in [0.4, 0.5) is 11.4 Å². The largest absolute Gasteiger partial charge is 0.456 e. The van der Waals surface area contributed by atoms with Crippen LogP contribution >= 0.6 is 0 Å². The maximum Gasteiger partial charge on any atom is 0.245 e. The van der Waals surface area contributed by atoms with Crippen LogP contribution in [0.3, 0.4) is 0 Å². The van der Waals surface area contributed by atoms with Gasteiger partial charge in [0.05, 0.1) is 11.9 Å². The summed E-state index contributed by atoms with van der Waals surface area (Å²) in [6.45, 7) is 5.93. The minimum atomic E-state index is -3.65. The smallest absolute Gasteiger partial charge is 0.245 e. The van der Waals surface area contributed by atoms with Crippen LogP contribution in [0.5, 0.6) is 0 Å². The van der Waals surface area contributed by atoms with E-state index in [1.54, 1.807) is 24.3 Å².